The van der Waals surface area contributed by atoms with Gasteiger partial charge in [0.05, 0.1) is 37.1 Å². The number of benzene rings is 2. The zero-order valence-corrected chi connectivity index (χ0v) is 18.6. The van der Waals surface area contributed by atoms with Gasteiger partial charge in [0.2, 0.25) is 5.65 Å². The molecular formula is C26H24N4O3. The summed E-state index contributed by atoms with van der Waals surface area (Å²) < 4.78 is 14.5. The van der Waals surface area contributed by atoms with Gasteiger partial charge >= 0.3 is 5.69 Å². The van der Waals surface area contributed by atoms with E-state index in [2.05, 4.69) is 11.2 Å². The van der Waals surface area contributed by atoms with E-state index >= 15 is 0 Å². The first-order valence-electron chi connectivity index (χ1n) is 11.0. The van der Waals surface area contributed by atoms with Crippen LogP contribution in [0.25, 0.3) is 28.0 Å². The van der Waals surface area contributed by atoms with Crippen molar-refractivity contribution in [3.63, 3.8) is 0 Å². The first kappa shape index (κ1) is 21.0. The second-order valence-electron chi connectivity index (χ2n) is 8.29. The highest BCUT2D eigenvalue weighted by Crippen LogP contribution is 2.36. The number of ether oxygens (including phenoxy) is 2. The van der Waals surface area contributed by atoms with E-state index in [1.165, 1.54) is 4.68 Å². The maximum atomic E-state index is 13.6. The number of aromatic nitrogens is 3. The largest absolute Gasteiger partial charge is 0.493 e. The Hall–Kier alpha value is -3.89. The highest BCUT2D eigenvalue weighted by molar-refractivity contribution is 5.85. The van der Waals surface area contributed by atoms with Crippen molar-refractivity contribution in [2.24, 2.45) is 0 Å². The van der Waals surface area contributed by atoms with Gasteiger partial charge in [-0.15, -0.1) is 5.10 Å². The number of rotatable bonds is 5. The van der Waals surface area contributed by atoms with Crippen molar-refractivity contribution in [2.75, 3.05) is 13.7 Å². The molecule has 1 aliphatic heterocycles. The Bertz CT molecular complexity index is 1400. The van der Waals surface area contributed by atoms with Gasteiger partial charge in [0, 0.05) is 12.2 Å². The molecule has 166 valence electrons. The minimum atomic E-state index is -0.232. The molecular weight excluding hydrogens is 416 g/mol. The van der Waals surface area contributed by atoms with E-state index in [0.717, 1.165) is 40.8 Å². The van der Waals surface area contributed by atoms with E-state index < -0.39 is 0 Å². The van der Waals surface area contributed by atoms with Gasteiger partial charge in [-0.25, -0.2) is 13.9 Å². The summed E-state index contributed by atoms with van der Waals surface area (Å²) >= 11 is 0. The van der Waals surface area contributed by atoms with Crippen LogP contribution < -0.4 is 10.4 Å². The molecule has 0 saturated carbocycles. The first-order chi connectivity index (χ1) is 16.1. The van der Waals surface area contributed by atoms with Crippen LogP contribution in [-0.4, -0.2) is 34.0 Å². The second kappa shape index (κ2) is 8.57. The Morgan fingerprint density at radius 2 is 1.88 bits per heavy atom. The van der Waals surface area contributed by atoms with Gasteiger partial charge in [-0.2, -0.15) is 5.26 Å². The van der Waals surface area contributed by atoms with E-state index in [0.29, 0.717) is 30.1 Å². The number of nitrogens with zero attached hydrogens (tertiary/aromatic N) is 4. The number of methoxy groups -OCH3 is 1. The quantitative estimate of drug-likeness (QED) is 0.465. The molecule has 7 heteroatoms. The Morgan fingerprint density at radius 1 is 1.15 bits per heavy atom. The highest BCUT2D eigenvalue weighted by Gasteiger charge is 2.24. The molecule has 2 aromatic heterocycles. The van der Waals surface area contributed by atoms with Gasteiger partial charge in [-0.05, 0) is 49.1 Å². The monoisotopic (exact) mass is 440 g/mol. The smallest absolute Gasteiger partial charge is 0.351 e. The van der Waals surface area contributed by atoms with E-state index in [1.54, 1.807) is 23.6 Å². The Balaban J connectivity index is 1.80. The molecule has 1 aliphatic rings. The van der Waals surface area contributed by atoms with Crippen molar-refractivity contribution in [1.82, 2.24) is 14.2 Å². The lowest BCUT2D eigenvalue weighted by atomic mass is 9.97. The number of nitriles is 1. The van der Waals surface area contributed by atoms with E-state index in [-0.39, 0.29) is 11.8 Å². The van der Waals surface area contributed by atoms with E-state index in [9.17, 15) is 10.1 Å². The van der Waals surface area contributed by atoms with E-state index in [1.807, 2.05) is 49.4 Å². The highest BCUT2D eigenvalue weighted by atomic mass is 16.5. The molecule has 5 rings (SSSR count). The molecule has 3 heterocycles. The summed E-state index contributed by atoms with van der Waals surface area (Å²) in [6, 6.07) is 19.4. The molecule has 2 aromatic carbocycles. The predicted octanol–water partition coefficient (Wildman–Crippen LogP) is 4.20. The third-order valence-electron chi connectivity index (χ3n) is 6.08. The lowest BCUT2D eigenvalue weighted by Gasteiger charge is -2.15. The lowest BCUT2D eigenvalue weighted by molar-refractivity contribution is 0.0931. The maximum Gasteiger partial charge on any atom is 0.351 e. The van der Waals surface area contributed by atoms with Crippen molar-refractivity contribution >= 4 is 5.65 Å². The lowest BCUT2D eigenvalue weighted by Crippen LogP contribution is -2.27. The van der Waals surface area contributed by atoms with Crippen LogP contribution >= 0.6 is 0 Å². The molecule has 1 saturated heterocycles. The molecule has 0 aliphatic carbocycles. The first-order valence-corrected chi connectivity index (χ1v) is 11.0. The van der Waals surface area contributed by atoms with Gasteiger partial charge < -0.3 is 9.47 Å². The normalized spacial score (nSPS) is 15.6. The summed E-state index contributed by atoms with van der Waals surface area (Å²) in [5.74, 6) is 0.508. The fourth-order valence-electron chi connectivity index (χ4n) is 4.34. The summed E-state index contributed by atoms with van der Waals surface area (Å²) in [5, 5.41) is 13.8. The Kier molecular flexibility index (Phi) is 5.45. The molecule has 1 atom stereocenters. The van der Waals surface area contributed by atoms with Crippen LogP contribution in [0.15, 0.2) is 59.4 Å². The average Bonchev–Trinajstić information content (AvgIpc) is 3.47. The number of fused-ring (bicyclic) bond motifs is 1. The van der Waals surface area contributed by atoms with Crippen LogP contribution in [0, 0.1) is 18.3 Å². The molecule has 1 unspecified atom stereocenters. The predicted molar refractivity (Wildman–Crippen MR) is 125 cm³/mol. The Morgan fingerprint density at radius 3 is 2.52 bits per heavy atom. The third-order valence-corrected chi connectivity index (χ3v) is 6.08. The topological polar surface area (TPSA) is 81.5 Å². The molecule has 4 aromatic rings. The van der Waals surface area contributed by atoms with Crippen LogP contribution in [0.1, 0.15) is 24.0 Å². The van der Waals surface area contributed by atoms with Crippen molar-refractivity contribution in [3.8, 4) is 34.2 Å². The van der Waals surface area contributed by atoms with Crippen LogP contribution in [-0.2, 0) is 11.3 Å². The Labute approximate surface area is 191 Å². The fourth-order valence-corrected chi connectivity index (χ4v) is 4.34. The molecule has 7 nitrogen and oxygen atoms in total. The number of hydrogen-bond donors (Lipinski definition) is 0. The fraction of sp³-hybridized carbons (Fsp3) is 0.269. The maximum absolute atomic E-state index is 13.6. The van der Waals surface area contributed by atoms with Crippen LogP contribution in [0.2, 0.25) is 0 Å². The molecule has 0 amide bonds. The van der Waals surface area contributed by atoms with Gasteiger partial charge in [-0.1, -0.05) is 42.0 Å². The third kappa shape index (κ3) is 3.79. The zero-order valence-electron chi connectivity index (χ0n) is 18.6. The minimum absolute atomic E-state index is 0.0144. The number of hydrogen-bond acceptors (Lipinski definition) is 5. The summed E-state index contributed by atoms with van der Waals surface area (Å²) in [6.45, 7) is 3.15. The van der Waals surface area contributed by atoms with Crippen molar-refractivity contribution < 1.29 is 9.47 Å². The zero-order chi connectivity index (χ0) is 22.9. The van der Waals surface area contributed by atoms with Crippen molar-refractivity contribution in [1.29, 1.82) is 5.26 Å². The minimum Gasteiger partial charge on any atom is -0.493 e. The van der Waals surface area contributed by atoms with Gasteiger partial charge in [0.15, 0.2) is 5.75 Å². The summed E-state index contributed by atoms with van der Waals surface area (Å²) in [7, 11) is 1.58. The van der Waals surface area contributed by atoms with Crippen molar-refractivity contribution in [2.45, 2.75) is 32.4 Å². The molecule has 0 bridgehead atoms. The standard InChI is InChI=1S/C26H24N4O3/c1-17-5-9-20(10-6-17)24-22(19-11-7-18(15-27)8-12-19)14-23(32-2)25-28-29(26(31)30(24)25)16-21-4-3-13-33-21/h5-12,14,21H,3-4,13,16H2,1-2H3. The SMILES string of the molecule is COc1cc(-c2ccc(C#N)cc2)c(-c2ccc(C)cc2)n2c(=O)n(CC3CCCO3)nc12. The van der Waals surface area contributed by atoms with Gasteiger partial charge in [0.25, 0.3) is 0 Å². The number of aryl methyl sites for hydroxylation is 1. The molecule has 1 fully saturated rings. The van der Waals surface area contributed by atoms with Gasteiger partial charge in [0.1, 0.15) is 0 Å². The summed E-state index contributed by atoms with van der Waals surface area (Å²) in [5.41, 5.74) is 5.27. The molecule has 0 radical (unpaired) electrons. The number of pyridine rings is 1. The second-order valence-corrected chi connectivity index (χ2v) is 8.29. The molecule has 33 heavy (non-hydrogen) atoms. The van der Waals surface area contributed by atoms with Crippen LogP contribution in [0.3, 0.4) is 0 Å². The molecule has 0 N–H and O–H groups in total. The van der Waals surface area contributed by atoms with Crippen molar-refractivity contribution in [3.05, 3.63) is 76.2 Å². The van der Waals surface area contributed by atoms with Gasteiger partial charge in [-0.3, -0.25) is 0 Å². The summed E-state index contributed by atoms with van der Waals surface area (Å²) in [4.78, 5) is 13.6. The van der Waals surface area contributed by atoms with Crippen LogP contribution in [0.4, 0.5) is 0 Å². The average molecular weight is 441 g/mol. The summed E-state index contributed by atoms with van der Waals surface area (Å²) in [6.07, 6.45) is 1.89. The molecule has 0 spiro atoms. The van der Waals surface area contributed by atoms with E-state index in [4.69, 9.17) is 9.47 Å². The van der Waals surface area contributed by atoms with Crippen LogP contribution in [0.5, 0.6) is 5.75 Å².